The van der Waals surface area contributed by atoms with Gasteiger partial charge in [-0.05, 0) is 18.1 Å². The van der Waals surface area contributed by atoms with Crippen LogP contribution in [-0.4, -0.2) is 24.4 Å². The fourth-order valence-electron chi connectivity index (χ4n) is 1.68. The normalized spacial score (nSPS) is 12.3. The molecule has 1 N–H and O–H groups in total. The molecule has 7 heteroatoms. The summed E-state index contributed by atoms with van der Waals surface area (Å²) in [5.74, 6) is -1.13. The molecule has 1 aromatic rings. The maximum absolute atomic E-state index is 12.4. The van der Waals surface area contributed by atoms with E-state index >= 15 is 0 Å². The van der Waals surface area contributed by atoms with Crippen molar-refractivity contribution in [2.75, 3.05) is 7.11 Å². The number of hydrogen-bond acceptors (Lipinski definition) is 4. The highest BCUT2D eigenvalue weighted by Crippen LogP contribution is 2.32. The maximum atomic E-state index is 12.4. The summed E-state index contributed by atoms with van der Waals surface area (Å²) >= 11 is 1.03. The number of carbonyl (C=O) groups is 1. The molecule has 3 nitrogen and oxygen atoms in total. The van der Waals surface area contributed by atoms with Gasteiger partial charge in [-0.15, -0.1) is 11.3 Å². The Balaban J connectivity index is 3.24. The summed E-state index contributed by atoms with van der Waals surface area (Å²) in [5.41, 5.74) is -0.473. The van der Waals surface area contributed by atoms with Crippen molar-refractivity contribution in [2.24, 2.45) is 0 Å². The van der Waals surface area contributed by atoms with Crippen molar-refractivity contribution in [1.29, 1.82) is 0 Å². The average molecular weight is 320 g/mol. The lowest BCUT2D eigenvalue weighted by Gasteiger charge is -2.08. The molecule has 0 unspecified atom stereocenters. The van der Waals surface area contributed by atoms with Crippen molar-refractivity contribution in [3.05, 3.63) is 39.6 Å². The van der Waals surface area contributed by atoms with E-state index < -0.39 is 23.5 Å². The van der Waals surface area contributed by atoms with Crippen LogP contribution in [0.4, 0.5) is 13.2 Å². The van der Waals surface area contributed by atoms with Crippen LogP contribution < -0.4 is 0 Å². The van der Waals surface area contributed by atoms with Crippen LogP contribution in [0.15, 0.2) is 23.6 Å². The van der Waals surface area contributed by atoms with E-state index in [0.717, 1.165) is 11.3 Å². The van der Waals surface area contributed by atoms with Crippen molar-refractivity contribution >= 4 is 23.1 Å². The Morgan fingerprint density at radius 2 is 2.14 bits per heavy atom. The second kappa shape index (κ2) is 6.80. The molecule has 0 fully saturated rings. The van der Waals surface area contributed by atoms with Crippen LogP contribution in [0.1, 0.15) is 34.1 Å². The van der Waals surface area contributed by atoms with Crippen molar-refractivity contribution < 1.29 is 27.8 Å². The molecule has 1 rings (SSSR count). The van der Waals surface area contributed by atoms with Crippen LogP contribution in [0.25, 0.3) is 5.76 Å². The summed E-state index contributed by atoms with van der Waals surface area (Å²) in [6.45, 7) is 4.73. The maximum Gasteiger partial charge on any atom is 0.415 e. The zero-order chi connectivity index (χ0) is 16.2. The number of alkyl halides is 3. The van der Waals surface area contributed by atoms with Crippen LogP contribution >= 0.6 is 11.3 Å². The molecule has 0 bridgehead atoms. The van der Waals surface area contributed by atoms with Gasteiger partial charge in [0.05, 0.1) is 12.7 Å². The van der Waals surface area contributed by atoms with Gasteiger partial charge < -0.3 is 9.84 Å². The van der Waals surface area contributed by atoms with Gasteiger partial charge >= 0.3 is 12.1 Å². The number of methoxy groups -OCH3 is 1. The minimum Gasteiger partial charge on any atom is -0.507 e. The third-order valence-electron chi connectivity index (χ3n) is 2.72. The summed E-state index contributed by atoms with van der Waals surface area (Å²) < 4.78 is 41.9. The fraction of sp³-hybridized carbons (Fsp3) is 0.357. The summed E-state index contributed by atoms with van der Waals surface area (Å²) in [4.78, 5) is 11.9. The van der Waals surface area contributed by atoms with Gasteiger partial charge in [0.15, 0.2) is 0 Å². The highest BCUT2D eigenvalue weighted by Gasteiger charge is 2.31. The van der Waals surface area contributed by atoms with Gasteiger partial charge in [-0.3, -0.25) is 0 Å². The molecular weight excluding hydrogens is 305 g/mol. The average Bonchev–Trinajstić information content (AvgIpc) is 2.81. The first-order valence-corrected chi connectivity index (χ1v) is 6.96. The molecule has 0 aromatic carbocycles. The van der Waals surface area contributed by atoms with Crippen molar-refractivity contribution in [1.82, 2.24) is 0 Å². The monoisotopic (exact) mass is 320 g/mol. The lowest BCUT2D eigenvalue weighted by atomic mass is 10.0. The first-order valence-electron chi connectivity index (χ1n) is 6.08. The van der Waals surface area contributed by atoms with Gasteiger partial charge in [0.2, 0.25) is 0 Å². The zero-order valence-electron chi connectivity index (χ0n) is 11.6. The summed E-state index contributed by atoms with van der Waals surface area (Å²) in [6.07, 6.45) is -2.94. The number of hydrogen-bond donors (Lipinski definition) is 1. The molecule has 0 aliphatic heterocycles. The predicted molar refractivity (Wildman–Crippen MR) is 75.5 cm³/mol. The standard InChI is InChI=1S/C14H15F3O3S/c1-4-5-9-10(7-21-12(9)13(19)20-3)11(18)6-8(2)14(15,16)17/h6-7,18H,2,4-5H2,1,3H3/b11-6+. The second-order valence-electron chi connectivity index (χ2n) is 4.25. The van der Waals surface area contributed by atoms with Crippen LogP contribution in [0.5, 0.6) is 0 Å². The topological polar surface area (TPSA) is 46.5 Å². The van der Waals surface area contributed by atoms with Gasteiger partial charge in [-0.2, -0.15) is 13.2 Å². The smallest absolute Gasteiger partial charge is 0.415 e. The lowest BCUT2D eigenvalue weighted by molar-refractivity contribution is -0.0878. The Morgan fingerprint density at radius 3 is 2.62 bits per heavy atom. The molecule has 1 heterocycles. The van der Waals surface area contributed by atoms with Gasteiger partial charge in [0.1, 0.15) is 10.6 Å². The highest BCUT2D eigenvalue weighted by molar-refractivity contribution is 7.12. The summed E-state index contributed by atoms with van der Waals surface area (Å²) in [5, 5.41) is 11.3. The van der Waals surface area contributed by atoms with Crippen molar-refractivity contribution in [3.63, 3.8) is 0 Å². The van der Waals surface area contributed by atoms with E-state index in [1.54, 1.807) is 0 Å². The van der Waals surface area contributed by atoms with Crippen molar-refractivity contribution in [3.8, 4) is 0 Å². The SMILES string of the molecule is C=C(/C=C(/O)c1csc(C(=O)OC)c1CCC)C(F)(F)F. The number of esters is 1. The van der Waals surface area contributed by atoms with E-state index in [1.807, 2.05) is 6.92 Å². The predicted octanol–water partition coefficient (Wildman–Crippen LogP) is 4.50. The molecular formula is C14H15F3O3S. The number of ether oxygens (including phenoxy) is 1. The van der Waals surface area contributed by atoms with Gasteiger partial charge in [-0.1, -0.05) is 19.9 Å². The third-order valence-corrected chi connectivity index (χ3v) is 3.72. The Labute approximate surface area is 124 Å². The molecule has 116 valence electrons. The Kier molecular flexibility index (Phi) is 5.60. The summed E-state index contributed by atoms with van der Waals surface area (Å²) in [6, 6.07) is 0. The van der Waals surface area contributed by atoms with Gasteiger partial charge in [0, 0.05) is 10.9 Å². The van der Waals surface area contributed by atoms with E-state index in [0.29, 0.717) is 24.5 Å². The molecule has 0 aliphatic rings. The number of aliphatic hydroxyl groups is 1. The Hall–Kier alpha value is -1.76. The van der Waals surface area contributed by atoms with Crippen LogP contribution in [0.2, 0.25) is 0 Å². The Morgan fingerprint density at radius 1 is 1.52 bits per heavy atom. The van der Waals surface area contributed by atoms with E-state index in [2.05, 4.69) is 11.3 Å². The van der Waals surface area contributed by atoms with E-state index in [9.17, 15) is 23.1 Å². The number of allylic oxidation sites excluding steroid dienone is 2. The fourth-order valence-corrected chi connectivity index (χ4v) is 2.72. The van der Waals surface area contributed by atoms with Crippen LogP contribution in [-0.2, 0) is 11.2 Å². The zero-order valence-corrected chi connectivity index (χ0v) is 12.4. The molecule has 0 saturated carbocycles. The molecule has 21 heavy (non-hydrogen) atoms. The highest BCUT2D eigenvalue weighted by atomic mass is 32.1. The molecule has 0 amide bonds. The molecule has 1 aromatic heterocycles. The number of carbonyl (C=O) groups excluding carboxylic acids is 1. The quantitative estimate of drug-likeness (QED) is 0.493. The van der Waals surface area contributed by atoms with Crippen molar-refractivity contribution in [2.45, 2.75) is 25.9 Å². The van der Waals surface area contributed by atoms with Gasteiger partial charge in [-0.25, -0.2) is 4.79 Å². The largest absolute Gasteiger partial charge is 0.507 e. The Bertz CT molecular complexity index is 571. The number of rotatable bonds is 5. The molecule has 0 saturated heterocycles. The number of aliphatic hydroxyl groups excluding tert-OH is 1. The molecule has 0 radical (unpaired) electrons. The second-order valence-corrected chi connectivity index (χ2v) is 5.13. The van der Waals surface area contributed by atoms with Crippen LogP contribution in [0, 0.1) is 0 Å². The first kappa shape index (κ1) is 17.3. The lowest BCUT2D eigenvalue weighted by Crippen LogP contribution is -2.09. The molecule has 0 spiro atoms. The minimum atomic E-state index is -4.61. The molecule has 0 atom stereocenters. The number of halogens is 3. The van der Waals surface area contributed by atoms with E-state index in [-0.39, 0.29) is 10.4 Å². The third kappa shape index (κ3) is 4.10. The van der Waals surface area contributed by atoms with E-state index in [1.165, 1.54) is 12.5 Å². The van der Waals surface area contributed by atoms with Crippen LogP contribution in [0.3, 0.4) is 0 Å². The minimum absolute atomic E-state index is 0.202. The van der Waals surface area contributed by atoms with E-state index in [4.69, 9.17) is 0 Å². The molecule has 0 aliphatic carbocycles. The van der Waals surface area contributed by atoms with Gasteiger partial charge in [0.25, 0.3) is 0 Å². The first-order chi connectivity index (χ1) is 9.72. The number of thiophene rings is 1. The summed E-state index contributed by atoms with van der Waals surface area (Å²) in [7, 11) is 1.22.